The van der Waals surface area contributed by atoms with Crippen molar-refractivity contribution in [2.45, 2.75) is 13.8 Å². The maximum atomic E-state index is 4.38. The summed E-state index contributed by atoms with van der Waals surface area (Å²) in [5, 5.41) is 3.49. The average Bonchev–Trinajstić information content (AvgIpc) is 2.89. The van der Waals surface area contributed by atoms with E-state index in [0.717, 1.165) is 52.4 Å². The molecule has 0 atom stereocenters. The van der Waals surface area contributed by atoms with E-state index in [1.807, 2.05) is 0 Å². The molecule has 0 fully saturated rings. The Balaban J connectivity index is 1.52. The van der Waals surface area contributed by atoms with E-state index in [4.69, 9.17) is 0 Å². The highest BCUT2D eigenvalue weighted by molar-refractivity contribution is 5.81. The van der Waals surface area contributed by atoms with Crippen LogP contribution in [0.5, 0.6) is 0 Å². The Morgan fingerprint density at radius 3 is 1.76 bits per heavy atom. The molecule has 0 amide bonds. The van der Waals surface area contributed by atoms with Crippen molar-refractivity contribution >= 4 is 11.7 Å². The molecule has 2 aliphatic heterocycles. The van der Waals surface area contributed by atoms with Crippen LogP contribution in [0.1, 0.15) is 13.8 Å². The lowest BCUT2D eigenvalue weighted by Crippen LogP contribution is -2.38. The molecule has 0 unspecified atom stereocenters. The van der Waals surface area contributed by atoms with Crippen LogP contribution in [0, 0.1) is 0 Å². The van der Waals surface area contributed by atoms with E-state index in [2.05, 4.69) is 38.9 Å². The molecule has 5 nitrogen and oxygen atoms in total. The first-order valence-electron chi connectivity index (χ1n) is 6.50. The molecule has 17 heavy (non-hydrogen) atoms. The summed E-state index contributed by atoms with van der Waals surface area (Å²) < 4.78 is 0. The van der Waals surface area contributed by atoms with Gasteiger partial charge in [-0.05, 0) is 13.8 Å². The number of amidine groups is 2. The van der Waals surface area contributed by atoms with Crippen molar-refractivity contribution in [1.29, 1.82) is 0 Å². The van der Waals surface area contributed by atoms with E-state index in [-0.39, 0.29) is 0 Å². The molecule has 0 aromatic rings. The van der Waals surface area contributed by atoms with Crippen LogP contribution in [-0.2, 0) is 0 Å². The van der Waals surface area contributed by atoms with Crippen LogP contribution in [0.4, 0.5) is 0 Å². The SMILES string of the molecule is CC1=NCCN1CCNCCN1CCN=C1C. The Morgan fingerprint density at radius 1 is 0.941 bits per heavy atom. The number of hydrogen-bond donors (Lipinski definition) is 1. The predicted octanol–water partition coefficient (Wildman–Crippen LogP) is 0.0440. The molecule has 96 valence electrons. The number of aliphatic imine (C=N–C) groups is 2. The number of hydrogen-bond acceptors (Lipinski definition) is 5. The lowest BCUT2D eigenvalue weighted by Gasteiger charge is -2.20. The monoisotopic (exact) mass is 237 g/mol. The summed E-state index contributed by atoms with van der Waals surface area (Å²) in [5.74, 6) is 2.38. The molecule has 0 radical (unpaired) electrons. The predicted molar refractivity (Wildman–Crippen MR) is 72.0 cm³/mol. The molecule has 5 heteroatoms. The van der Waals surface area contributed by atoms with Gasteiger partial charge < -0.3 is 15.1 Å². The van der Waals surface area contributed by atoms with Gasteiger partial charge in [0.2, 0.25) is 0 Å². The number of rotatable bonds is 6. The van der Waals surface area contributed by atoms with Crippen LogP contribution in [0.2, 0.25) is 0 Å². The molecule has 0 spiro atoms. The molecule has 0 aromatic carbocycles. The van der Waals surface area contributed by atoms with E-state index in [1.165, 1.54) is 11.7 Å². The van der Waals surface area contributed by atoms with Crippen molar-refractivity contribution in [2.24, 2.45) is 9.98 Å². The molecule has 0 aliphatic carbocycles. The highest BCUT2D eigenvalue weighted by Crippen LogP contribution is 2.00. The zero-order valence-electron chi connectivity index (χ0n) is 10.9. The third kappa shape index (κ3) is 3.43. The minimum atomic E-state index is 0.968. The summed E-state index contributed by atoms with van der Waals surface area (Å²) in [6.07, 6.45) is 0. The summed E-state index contributed by atoms with van der Waals surface area (Å²) in [4.78, 5) is 13.4. The average molecular weight is 237 g/mol. The first-order chi connectivity index (χ1) is 8.27. The summed E-state index contributed by atoms with van der Waals surface area (Å²) in [6.45, 7) is 12.5. The topological polar surface area (TPSA) is 43.2 Å². The Morgan fingerprint density at radius 2 is 1.41 bits per heavy atom. The summed E-state index contributed by atoms with van der Waals surface area (Å²) in [5.41, 5.74) is 0. The third-order valence-electron chi connectivity index (χ3n) is 3.45. The largest absolute Gasteiger partial charge is 0.357 e. The molecule has 0 saturated carbocycles. The highest BCUT2D eigenvalue weighted by Gasteiger charge is 2.12. The minimum Gasteiger partial charge on any atom is -0.357 e. The van der Waals surface area contributed by atoms with Gasteiger partial charge in [0.05, 0.1) is 24.8 Å². The van der Waals surface area contributed by atoms with Crippen LogP contribution in [0.15, 0.2) is 9.98 Å². The Hall–Kier alpha value is -1.10. The Kier molecular flexibility index (Phi) is 4.36. The summed E-state index contributed by atoms with van der Waals surface area (Å²) in [7, 11) is 0. The normalized spacial score (nSPS) is 19.9. The van der Waals surface area contributed by atoms with Crippen molar-refractivity contribution < 1.29 is 0 Å². The van der Waals surface area contributed by atoms with Gasteiger partial charge in [0.25, 0.3) is 0 Å². The molecule has 0 saturated heterocycles. The van der Waals surface area contributed by atoms with Gasteiger partial charge in [-0.2, -0.15) is 0 Å². The quantitative estimate of drug-likeness (QED) is 0.664. The minimum absolute atomic E-state index is 0.968. The first kappa shape index (κ1) is 12.4. The van der Waals surface area contributed by atoms with Crippen molar-refractivity contribution in [3.63, 3.8) is 0 Å². The number of nitrogens with zero attached hydrogens (tertiary/aromatic N) is 4. The second-order valence-corrected chi connectivity index (χ2v) is 4.58. The van der Waals surface area contributed by atoms with Crippen molar-refractivity contribution in [1.82, 2.24) is 15.1 Å². The smallest absolute Gasteiger partial charge is 0.0959 e. The lowest BCUT2D eigenvalue weighted by atomic mass is 10.4. The van der Waals surface area contributed by atoms with Gasteiger partial charge in [-0.1, -0.05) is 0 Å². The molecule has 2 heterocycles. The maximum absolute atomic E-state index is 4.38. The van der Waals surface area contributed by atoms with Crippen LogP contribution < -0.4 is 5.32 Å². The van der Waals surface area contributed by atoms with Crippen molar-refractivity contribution in [2.75, 3.05) is 52.4 Å². The van der Waals surface area contributed by atoms with Crippen molar-refractivity contribution in [3.05, 3.63) is 0 Å². The zero-order chi connectivity index (χ0) is 12.1. The van der Waals surface area contributed by atoms with Gasteiger partial charge >= 0.3 is 0 Å². The van der Waals surface area contributed by atoms with Crippen LogP contribution in [0.3, 0.4) is 0 Å². The van der Waals surface area contributed by atoms with E-state index < -0.39 is 0 Å². The zero-order valence-corrected chi connectivity index (χ0v) is 10.9. The summed E-state index contributed by atoms with van der Waals surface area (Å²) in [6, 6.07) is 0. The van der Waals surface area contributed by atoms with Crippen LogP contribution in [0.25, 0.3) is 0 Å². The van der Waals surface area contributed by atoms with Gasteiger partial charge in [0, 0.05) is 39.3 Å². The first-order valence-corrected chi connectivity index (χ1v) is 6.50. The lowest BCUT2D eigenvalue weighted by molar-refractivity contribution is 0.412. The maximum Gasteiger partial charge on any atom is 0.0959 e. The van der Waals surface area contributed by atoms with E-state index in [9.17, 15) is 0 Å². The fourth-order valence-corrected chi connectivity index (χ4v) is 2.29. The van der Waals surface area contributed by atoms with Gasteiger partial charge in [-0.15, -0.1) is 0 Å². The second kappa shape index (κ2) is 6.00. The molecular formula is C12H23N5. The molecule has 0 bridgehead atoms. The Labute approximate surface area is 104 Å². The van der Waals surface area contributed by atoms with Gasteiger partial charge in [-0.3, -0.25) is 9.98 Å². The fourth-order valence-electron chi connectivity index (χ4n) is 2.29. The summed E-state index contributed by atoms with van der Waals surface area (Å²) >= 11 is 0. The molecule has 0 aromatic heterocycles. The van der Waals surface area contributed by atoms with Gasteiger partial charge in [0.1, 0.15) is 0 Å². The van der Waals surface area contributed by atoms with Gasteiger partial charge in [-0.25, -0.2) is 0 Å². The van der Waals surface area contributed by atoms with Crippen molar-refractivity contribution in [3.8, 4) is 0 Å². The highest BCUT2D eigenvalue weighted by atomic mass is 15.3. The number of nitrogens with one attached hydrogen (secondary N) is 1. The van der Waals surface area contributed by atoms with E-state index in [0.29, 0.717) is 0 Å². The standard InChI is InChI=1S/C12H23N5/c1-11-14-5-9-16(11)7-3-13-4-8-17-10-6-15-12(17)2/h13H,3-10H2,1-2H3. The van der Waals surface area contributed by atoms with E-state index >= 15 is 0 Å². The Bertz CT molecular complexity index is 280. The molecular weight excluding hydrogens is 214 g/mol. The van der Waals surface area contributed by atoms with Gasteiger partial charge in [0.15, 0.2) is 0 Å². The fraction of sp³-hybridized carbons (Fsp3) is 0.833. The van der Waals surface area contributed by atoms with Crippen LogP contribution in [-0.4, -0.2) is 73.8 Å². The van der Waals surface area contributed by atoms with E-state index in [1.54, 1.807) is 0 Å². The second-order valence-electron chi connectivity index (χ2n) is 4.58. The third-order valence-corrected chi connectivity index (χ3v) is 3.45. The molecule has 1 N–H and O–H groups in total. The molecule has 2 aliphatic rings. The molecule has 2 rings (SSSR count). The van der Waals surface area contributed by atoms with Crippen LogP contribution >= 0.6 is 0 Å².